The number of benzene rings is 2. The summed E-state index contributed by atoms with van der Waals surface area (Å²) < 4.78 is 41.3. The minimum absolute atomic E-state index is 0.0395. The molecule has 0 N–H and O–H groups in total. The van der Waals surface area contributed by atoms with E-state index in [1.165, 1.54) is 11.9 Å². The SMILES string of the molecule is CN(C(=O)[C@@H]1CN(Cc2ccccc2)C[C@H]1C(F)(F)F)c1ccc(-c2ccccc2)nn1. The van der Waals surface area contributed by atoms with E-state index in [-0.39, 0.29) is 18.9 Å². The molecule has 166 valence electrons. The molecule has 0 bridgehead atoms. The van der Waals surface area contributed by atoms with Crippen LogP contribution in [-0.4, -0.2) is 47.3 Å². The Kier molecular flexibility index (Phi) is 6.23. The number of carbonyl (C=O) groups is 1. The van der Waals surface area contributed by atoms with Gasteiger partial charge in [-0.05, 0) is 17.7 Å². The minimum atomic E-state index is -4.46. The lowest BCUT2D eigenvalue weighted by Crippen LogP contribution is -2.41. The van der Waals surface area contributed by atoms with Crippen molar-refractivity contribution in [1.82, 2.24) is 15.1 Å². The highest BCUT2D eigenvalue weighted by Crippen LogP contribution is 2.39. The third kappa shape index (κ3) is 4.80. The zero-order chi connectivity index (χ0) is 22.7. The standard InChI is InChI=1S/C24H23F3N4O/c1-30(22-13-12-21(28-29-22)18-10-6-3-7-11-18)23(32)19-15-31(16-20(19)24(25,26)27)14-17-8-4-2-5-9-17/h2-13,19-20H,14-16H2,1H3/t19-,20-/m1/s1. The fourth-order valence-electron chi connectivity index (χ4n) is 4.07. The summed E-state index contributed by atoms with van der Waals surface area (Å²) in [6.07, 6.45) is -4.46. The van der Waals surface area contributed by atoms with Gasteiger partial charge in [-0.15, -0.1) is 10.2 Å². The average molecular weight is 440 g/mol. The van der Waals surface area contributed by atoms with Crippen LogP contribution < -0.4 is 4.90 Å². The van der Waals surface area contributed by atoms with Gasteiger partial charge in [0.05, 0.1) is 17.5 Å². The molecule has 2 heterocycles. The van der Waals surface area contributed by atoms with Crippen molar-refractivity contribution in [1.29, 1.82) is 0 Å². The van der Waals surface area contributed by atoms with E-state index in [0.29, 0.717) is 12.2 Å². The number of hydrogen-bond acceptors (Lipinski definition) is 4. The van der Waals surface area contributed by atoms with E-state index in [1.54, 1.807) is 17.0 Å². The van der Waals surface area contributed by atoms with Gasteiger partial charge in [-0.1, -0.05) is 60.7 Å². The number of hydrogen-bond donors (Lipinski definition) is 0. The summed E-state index contributed by atoms with van der Waals surface area (Å²) in [7, 11) is 1.45. The zero-order valence-electron chi connectivity index (χ0n) is 17.5. The summed E-state index contributed by atoms with van der Waals surface area (Å²) in [6, 6.07) is 22.0. The number of alkyl halides is 3. The molecule has 1 saturated heterocycles. The van der Waals surface area contributed by atoms with Crippen LogP contribution in [0.1, 0.15) is 5.56 Å². The Hall–Kier alpha value is -3.26. The van der Waals surface area contributed by atoms with Crippen LogP contribution in [0.2, 0.25) is 0 Å². The molecule has 1 amide bonds. The van der Waals surface area contributed by atoms with Crippen LogP contribution in [0.15, 0.2) is 72.8 Å². The number of aromatic nitrogens is 2. The summed E-state index contributed by atoms with van der Waals surface area (Å²) in [5.74, 6) is -3.31. The lowest BCUT2D eigenvalue weighted by Gasteiger charge is -2.25. The van der Waals surface area contributed by atoms with Crippen molar-refractivity contribution >= 4 is 11.7 Å². The lowest BCUT2D eigenvalue weighted by molar-refractivity contribution is -0.182. The topological polar surface area (TPSA) is 49.3 Å². The molecule has 0 saturated carbocycles. The average Bonchev–Trinajstić information content (AvgIpc) is 3.24. The Labute approximate surface area is 184 Å². The molecule has 0 unspecified atom stereocenters. The van der Waals surface area contributed by atoms with Crippen molar-refractivity contribution in [2.45, 2.75) is 12.7 Å². The molecule has 2 atom stereocenters. The van der Waals surface area contributed by atoms with E-state index in [1.807, 2.05) is 60.7 Å². The first-order chi connectivity index (χ1) is 15.3. The largest absolute Gasteiger partial charge is 0.393 e. The van der Waals surface area contributed by atoms with Gasteiger partial charge in [0.15, 0.2) is 5.82 Å². The first-order valence-corrected chi connectivity index (χ1v) is 10.3. The Balaban J connectivity index is 1.50. The van der Waals surface area contributed by atoms with Crippen molar-refractivity contribution in [2.75, 3.05) is 25.0 Å². The van der Waals surface area contributed by atoms with Gasteiger partial charge >= 0.3 is 6.18 Å². The molecule has 0 spiro atoms. The first-order valence-electron chi connectivity index (χ1n) is 10.3. The van der Waals surface area contributed by atoms with Crippen molar-refractivity contribution in [2.24, 2.45) is 11.8 Å². The van der Waals surface area contributed by atoms with Crippen LogP contribution in [0.3, 0.4) is 0 Å². The molecular formula is C24H23F3N4O. The molecule has 32 heavy (non-hydrogen) atoms. The van der Waals surface area contributed by atoms with Crippen LogP contribution in [0.25, 0.3) is 11.3 Å². The second-order valence-corrected chi connectivity index (χ2v) is 7.97. The van der Waals surface area contributed by atoms with Gasteiger partial charge in [-0.2, -0.15) is 13.2 Å². The Morgan fingerprint density at radius 1 is 0.969 bits per heavy atom. The van der Waals surface area contributed by atoms with Crippen molar-refractivity contribution in [3.05, 3.63) is 78.4 Å². The molecule has 4 rings (SSSR count). The van der Waals surface area contributed by atoms with Crippen molar-refractivity contribution < 1.29 is 18.0 Å². The Bertz CT molecular complexity index is 1040. The van der Waals surface area contributed by atoms with E-state index >= 15 is 0 Å². The fraction of sp³-hybridized carbons (Fsp3) is 0.292. The van der Waals surface area contributed by atoms with Gasteiger partial charge in [0.1, 0.15) is 0 Å². The van der Waals surface area contributed by atoms with Gasteiger partial charge in [0.2, 0.25) is 5.91 Å². The van der Waals surface area contributed by atoms with Crippen LogP contribution in [0.4, 0.5) is 19.0 Å². The molecule has 8 heteroatoms. The number of nitrogens with zero attached hydrogens (tertiary/aromatic N) is 4. The second kappa shape index (κ2) is 9.08. The molecule has 5 nitrogen and oxygen atoms in total. The molecule has 2 aromatic carbocycles. The molecule has 0 radical (unpaired) electrons. The molecule has 1 aromatic heterocycles. The van der Waals surface area contributed by atoms with Gasteiger partial charge < -0.3 is 0 Å². The van der Waals surface area contributed by atoms with Crippen LogP contribution in [-0.2, 0) is 11.3 Å². The predicted molar refractivity (Wildman–Crippen MR) is 116 cm³/mol. The maximum absolute atomic E-state index is 13.8. The number of rotatable bonds is 5. The minimum Gasteiger partial charge on any atom is -0.298 e. The van der Waals surface area contributed by atoms with E-state index in [4.69, 9.17) is 0 Å². The summed E-state index contributed by atoms with van der Waals surface area (Å²) in [5, 5.41) is 8.22. The van der Waals surface area contributed by atoms with Gasteiger partial charge in [0.25, 0.3) is 0 Å². The maximum Gasteiger partial charge on any atom is 0.393 e. The van der Waals surface area contributed by atoms with E-state index < -0.39 is 23.9 Å². The second-order valence-electron chi connectivity index (χ2n) is 7.97. The number of carbonyl (C=O) groups excluding carboxylic acids is 1. The molecule has 1 aliphatic rings. The monoisotopic (exact) mass is 440 g/mol. The highest BCUT2D eigenvalue weighted by Gasteiger charge is 2.53. The predicted octanol–water partition coefficient (Wildman–Crippen LogP) is 4.42. The zero-order valence-corrected chi connectivity index (χ0v) is 17.5. The van der Waals surface area contributed by atoms with Gasteiger partial charge in [-0.3, -0.25) is 14.6 Å². The molecule has 0 aliphatic carbocycles. The quantitative estimate of drug-likeness (QED) is 0.590. The van der Waals surface area contributed by atoms with Gasteiger partial charge in [-0.25, -0.2) is 0 Å². The number of anilines is 1. The van der Waals surface area contributed by atoms with Gasteiger partial charge in [0, 0.05) is 32.2 Å². The van der Waals surface area contributed by atoms with Crippen LogP contribution in [0.5, 0.6) is 0 Å². The normalized spacial score (nSPS) is 19.1. The molecular weight excluding hydrogens is 417 g/mol. The third-order valence-corrected chi connectivity index (χ3v) is 5.78. The summed E-state index contributed by atoms with van der Waals surface area (Å²) >= 11 is 0. The number of halogens is 3. The highest BCUT2D eigenvalue weighted by molar-refractivity contribution is 5.94. The molecule has 1 aliphatic heterocycles. The molecule has 3 aromatic rings. The number of likely N-dealkylation sites (tertiary alicyclic amines) is 1. The van der Waals surface area contributed by atoms with Crippen LogP contribution >= 0.6 is 0 Å². The Morgan fingerprint density at radius 2 is 1.62 bits per heavy atom. The maximum atomic E-state index is 13.8. The van der Waals surface area contributed by atoms with E-state index in [9.17, 15) is 18.0 Å². The fourth-order valence-corrected chi connectivity index (χ4v) is 4.07. The van der Waals surface area contributed by atoms with Crippen LogP contribution in [0, 0.1) is 11.8 Å². The van der Waals surface area contributed by atoms with Crippen molar-refractivity contribution in [3.63, 3.8) is 0 Å². The number of amides is 1. The highest BCUT2D eigenvalue weighted by atomic mass is 19.4. The summed E-state index contributed by atoms with van der Waals surface area (Å²) in [4.78, 5) is 16.0. The first kappa shape index (κ1) is 22.0. The van der Waals surface area contributed by atoms with E-state index in [2.05, 4.69) is 10.2 Å². The summed E-state index contributed by atoms with van der Waals surface area (Å²) in [5.41, 5.74) is 2.40. The smallest absolute Gasteiger partial charge is 0.298 e. The molecule has 1 fully saturated rings. The third-order valence-electron chi connectivity index (χ3n) is 5.78. The van der Waals surface area contributed by atoms with E-state index in [0.717, 1.165) is 11.1 Å². The Morgan fingerprint density at radius 3 is 2.22 bits per heavy atom. The van der Waals surface area contributed by atoms with Crippen molar-refractivity contribution in [3.8, 4) is 11.3 Å². The summed E-state index contributed by atoms with van der Waals surface area (Å²) in [6.45, 7) is 0.200. The lowest BCUT2D eigenvalue weighted by atomic mass is 9.94.